The maximum absolute atomic E-state index is 6.27. The van der Waals surface area contributed by atoms with Gasteiger partial charge in [0, 0.05) is 16.6 Å². The first-order valence-electron chi connectivity index (χ1n) is 6.45. The van der Waals surface area contributed by atoms with Gasteiger partial charge in [0.05, 0.1) is 0 Å². The second-order valence-electron chi connectivity index (χ2n) is 4.90. The van der Waals surface area contributed by atoms with Crippen LogP contribution in [0.5, 0.6) is 0 Å². The highest BCUT2D eigenvalue weighted by molar-refractivity contribution is 7.15. The number of nitrogens with two attached hydrogens (primary N) is 1. The van der Waals surface area contributed by atoms with Gasteiger partial charge in [-0.25, -0.2) is 4.98 Å². The van der Waals surface area contributed by atoms with E-state index in [1.807, 2.05) is 23.5 Å². The number of hydrogen-bond acceptors (Lipinski definition) is 3. The first-order chi connectivity index (χ1) is 9.74. The Morgan fingerprint density at radius 1 is 1.10 bits per heavy atom. The van der Waals surface area contributed by atoms with Crippen LogP contribution in [0.25, 0.3) is 27.0 Å². The molecule has 0 unspecified atom stereocenters. The second-order valence-corrected chi connectivity index (χ2v) is 5.74. The van der Waals surface area contributed by atoms with E-state index < -0.39 is 0 Å². The number of benzene rings is 2. The van der Waals surface area contributed by atoms with Crippen LogP contribution in [0, 0.1) is 6.92 Å². The summed E-state index contributed by atoms with van der Waals surface area (Å²) in [7, 11) is 0. The third-order valence-corrected chi connectivity index (χ3v) is 4.54. The lowest BCUT2D eigenvalue weighted by Gasteiger charge is -2.03. The van der Waals surface area contributed by atoms with Crippen molar-refractivity contribution < 1.29 is 0 Å². The maximum Gasteiger partial charge on any atom is 0.196 e. The van der Waals surface area contributed by atoms with Gasteiger partial charge in [0.25, 0.3) is 0 Å². The van der Waals surface area contributed by atoms with E-state index in [1.165, 1.54) is 10.8 Å². The number of imidazole rings is 1. The molecule has 0 aliphatic heterocycles. The monoisotopic (exact) mass is 279 g/mol. The number of hydrogen-bond donors (Lipinski definition) is 1. The summed E-state index contributed by atoms with van der Waals surface area (Å²) in [4.78, 5) is 5.61. The lowest BCUT2D eigenvalue weighted by molar-refractivity contribution is 1.14. The molecule has 0 atom stereocenters. The lowest BCUT2D eigenvalue weighted by Crippen LogP contribution is -1.94. The molecule has 2 aromatic carbocycles. The lowest BCUT2D eigenvalue weighted by atomic mass is 10.1. The summed E-state index contributed by atoms with van der Waals surface area (Å²) in [6.07, 6.45) is 0. The molecule has 0 spiro atoms. The van der Waals surface area contributed by atoms with Gasteiger partial charge in [0.15, 0.2) is 4.96 Å². The number of thiazole rings is 1. The minimum absolute atomic E-state index is 0.717. The third kappa shape index (κ3) is 1.55. The van der Waals surface area contributed by atoms with Crippen LogP contribution in [0.4, 0.5) is 5.82 Å². The summed E-state index contributed by atoms with van der Waals surface area (Å²) >= 11 is 1.62. The topological polar surface area (TPSA) is 43.3 Å². The minimum atomic E-state index is 0.717. The van der Waals surface area contributed by atoms with Gasteiger partial charge in [-0.3, -0.25) is 4.40 Å². The molecule has 4 rings (SSSR count). The Balaban J connectivity index is 1.98. The third-order valence-electron chi connectivity index (χ3n) is 3.59. The Morgan fingerprint density at radius 2 is 1.90 bits per heavy atom. The molecule has 2 aromatic heterocycles. The number of nitrogen functional groups attached to an aromatic ring is 1. The zero-order valence-corrected chi connectivity index (χ0v) is 11.8. The van der Waals surface area contributed by atoms with Crippen LogP contribution >= 0.6 is 11.3 Å². The molecule has 0 amide bonds. The van der Waals surface area contributed by atoms with E-state index in [4.69, 9.17) is 5.73 Å². The molecule has 0 bridgehead atoms. The molecule has 4 aromatic rings. The van der Waals surface area contributed by atoms with E-state index in [0.29, 0.717) is 5.82 Å². The molecule has 0 aliphatic rings. The standard InChI is InChI=1S/C16H13N3S/c1-10-9-20-16-18-14(15(17)19(10)16)13-7-6-11-4-2-3-5-12(11)8-13/h2-9H,17H2,1H3. The van der Waals surface area contributed by atoms with Gasteiger partial charge in [-0.2, -0.15) is 0 Å². The van der Waals surface area contributed by atoms with E-state index in [1.54, 1.807) is 11.3 Å². The zero-order chi connectivity index (χ0) is 13.7. The van der Waals surface area contributed by atoms with Crippen molar-refractivity contribution in [1.29, 1.82) is 0 Å². The maximum atomic E-state index is 6.27. The molecule has 98 valence electrons. The van der Waals surface area contributed by atoms with Crippen molar-refractivity contribution in [2.75, 3.05) is 5.73 Å². The van der Waals surface area contributed by atoms with Crippen molar-refractivity contribution in [3.8, 4) is 11.3 Å². The van der Waals surface area contributed by atoms with E-state index in [0.717, 1.165) is 21.9 Å². The molecule has 0 saturated heterocycles. The van der Waals surface area contributed by atoms with Gasteiger partial charge >= 0.3 is 0 Å². The number of fused-ring (bicyclic) bond motifs is 2. The number of rotatable bonds is 1. The predicted molar refractivity (Wildman–Crippen MR) is 85.2 cm³/mol. The number of aryl methyl sites for hydroxylation is 1. The Hall–Kier alpha value is -2.33. The smallest absolute Gasteiger partial charge is 0.196 e. The largest absolute Gasteiger partial charge is 0.383 e. The van der Waals surface area contributed by atoms with Crippen LogP contribution in [0.1, 0.15) is 5.69 Å². The van der Waals surface area contributed by atoms with Crippen LogP contribution < -0.4 is 5.73 Å². The molecule has 0 saturated carbocycles. The fraction of sp³-hybridized carbons (Fsp3) is 0.0625. The number of nitrogens with zero attached hydrogens (tertiary/aromatic N) is 2. The molecule has 0 aliphatic carbocycles. The normalized spacial score (nSPS) is 11.4. The minimum Gasteiger partial charge on any atom is -0.383 e. The highest BCUT2D eigenvalue weighted by Gasteiger charge is 2.14. The van der Waals surface area contributed by atoms with Crippen molar-refractivity contribution in [2.24, 2.45) is 0 Å². The quantitative estimate of drug-likeness (QED) is 0.570. The molecule has 4 heteroatoms. The number of aromatic nitrogens is 2. The van der Waals surface area contributed by atoms with Gasteiger partial charge in [-0.1, -0.05) is 36.4 Å². The average molecular weight is 279 g/mol. The van der Waals surface area contributed by atoms with Crippen molar-refractivity contribution >= 4 is 32.9 Å². The molecule has 2 N–H and O–H groups in total. The zero-order valence-electron chi connectivity index (χ0n) is 11.0. The first-order valence-corrected chi connectivity index (χ1v) is 7.33. The van der Waals surface area contributed by atoms with Crippen LogP contribution in [-0.4, -0.2) is 9.38 Å². The molecule has 3 nitrogen and oxygen atoms in total. The van der Waals surface area contributed by atoms with Gasteiger partial charge in [-0.05, 0) is 23.8 Å². The summed E-state index contributed by atoms with van der Waals surface area (Å²) in [5, 5.41) is 4.51. The van der Waals surface area contributed by atoms with Crippen LogP contribution in [0.2, 0.25) is 0 Å². The molecule has 0 fully saturated rings. The number of anilines is 1. The highest BCUT2D eigenvalue weighted by Crippen LogP contribution is 2.31. The average Bonchev–Trinajstić information content (AvgIpc) is 3.00. The van der Waals surface area contributed by atoms with Crippen molar-refractivity contribution in [2.45, 2.75) is 6.92 Å². The summed E-state index contributed by atoms with van der Waals surface area (Å²) < 4.78 is 2.01. The van der Waals surface area contributed by atoms with Gasteiger partial charge in [0.1, 0.15) is 11.5 Å². The Bertz CT molecular complexity index is 933. The van der Waals surface area contributed by atoms with E-state index in [9.17, 15) is 0 Å². The Labute approximate surface area is 120 Å². The van der Waals surface area contributed by atoms with Gasteiger partial charge in [-0.15, -0.1) is 11.3 Å². The van der Waals surface area contributed by atoms with Crippen LogP contribution in [-0.2, 0) is 0 Å². The Kier molecular flexibility index (Phi) is 2.35. The molecule has 2 heterocycles. The van der Waals surface area contributed by atoms with Gasteiger partial charge < -0.3 is 5.73 Å². The Morgan fingerprint density at radius 3 is 2.70 bits per heavy atom. The molecular weight excluding hydrogens is 266 g/mol. The summed E-state index contributed by atoms with van der Waals surface area (Å²) in [6, 6.07) is 14.7. The molecular formula is C16H13N3S. The van der Waals surface area contributed by atoms with E-state index in [-0.39, 0.29) is 0 Å². The van der Waals surface area contributed by atoms with E-state index >= 15 is 0 Å². The second kappa shape index (κ2) is 4.08. The summed E-state index contributed by atoms with van der Waals surface area (Å²) in [5.41, 5.74) is 9.33. The summed E-state index contributed by atoms with van der Waals surface area (Å²) in [6.45, 7) is 2.05. The summed E-state index contributed by atoms with van der Waals surface area (Å²) in [5.74, 6) is 0.717. The molecule has 20 heavy (non-hydrogen) atoms. The van der Waals surface area contributed by atoms with E-state index in [2.05, 4.69) is 40.7 Å². The highest BCUT2D eigenvalue weighted by atomic mass is 32.1. The van der Waals surface area contributed by atoms with Crippen LogP contribution in [0.15, 0.2) is 47.8 Å². The predicted octanol–water partition coefficient (Wildman–Crippen LogP) is 4.11. The van der Waals surface area contributed by atoms with Gasteiger partial charge in [0.2, 0.25) is 0 Å². The fourth-order valence-electron chi connectivity index (χ4n) is 2.57. The van der Waals surface area contributed by atoms with Crippen molar-refractivity contribution in [1.82, 2.24) is 9.38 Å². The van der Waals surface area contributed by atoms with Crippen molar-refractivity contribution in [3.63, 3.8) is 0 Å². The fourth-order valence-corrected chi connectivity index (χ4v) is 3.44. The van der Waals surface area contributed by atoms with Crippen LogP contribution in [0.3, 0.4) is 0 Å². The first kappa shape index (κ1) is 11.5. The molecule has 0 radical (unpaired) electrons. The van der Waals surface area contributed by atoms with Crippen molar-refractivity contribution in [3.05, 3.63) is 53.5 Å². The SMILES string of the molecule is Cc1csc2nc(-c3ccc4ccccc4c3)c(N)n12.